The van der Waals surface area contributed by atoms with Crippen LogP contribution in [0.25, 0.3) is 0 Å². The van der Waals surface area contributed by atoms with Crippen LogP contribution in [0.3, 0.4) is 0 Å². The fourth-order valence-corrected chi connectivity index (χ4v) is 7.07. The number of fused-ring (bicyclic) bond motifs is 3. The highest BCUT2D eigenvalue weighted by atomic mass is 32.1. The number of likely N-dealkylation sites (tertiary alicyclic amines) is 1. The molecule has 176 valence electrons. The van der Waals surface area contributed by atoms with Crippen LogP contribution >= 0.6 is 11.3 Å². The van der Waals surface area contributed by atoms with Crippen LogP contribution < -0.4 is 0 Å². The molecular weight excluding hydrogens is 434 g/mol. The molecule has 0 saturated carbocycles. The average Bonchev–Trinajstić information content (AvgIpc) is 3.59. The molecule has 0 bridgehead atoms. The number of aromatic nitrogens is 6. The number of ether oxygens (including phenoxy) is 1. The second-order valence-electron chi connectivity index (χ2n) is 9.86. The zero-order valence-electron chi connectivity index (χ0n) is 19.8. The van der Waals surface area contributed by atoms with Crippen molar-refractivity contribution in [3.63, 3.8) is 0 Å². The van der Waals surface area contributed by atoms with Crippen molar-refractivity contribution in [2.75, 3.05) is 13.2 Å². The van der Waals surface area contributed by atoms with Crippen molar-refractivity contribution >= 4 is 11.3 Å². The van der Waals surface area contributed by atoms with Gasteiger partial charge in [0.15, 0.2) is 5.82 Å². The molecule has 3 aromatic rings. The molecule has 0 aromatic carbocycles. The topological polar surface area (TPSA) is 73.9 Å². The highest BCUT2D eigenvalue weighted by Gasteiger charge is 2.44. The van der Waals surface area contributed by atoms with Crippen molar-refractivity contribution in [1.82, 2.24) is 34.7 Å². The normalized spacial score (nSPS) is 26.0. The SMILES string of the molecule is CCc1cc2c(s1)CCO[C@@]21CCN(Cc2cn(C(C)c3nnc4n3CCC4)nn2)[C@@H](C)C1. The lowest BCUT2D eigenvalue weighted by Crippen LogP contribution is -2.50. The quantitative estimate of drug-likeness (QED) is 0.572. The first-order chi connectivity index (χ1) is 16.1. The van der Waals surface area contributed by atoms with Crippen molar-refractivity contribution < 1.29 is 4.74 Å². The lowest BCUT2D eigenvalue weighted by atomic mass is 9.79. The summed E-state index contributed by atoms with van der Waals surface area (Å²) < 4.78 is 10.7. The molecule has 1 spiro atoms. The van der Waals surface area contributed by atoms with Crippen LogP contribution in [0.2, 0.25) is 0 Å². The molecule has 3 aromatic heterocycles. The molecule has 0 amide bonds. The molecule has 6 heterocycles. The Hall–Kier alpha value is -2.10. The molecule has 6 rings (SSSR count). The van der Waals surface area contributed by atoms with Crippen molar-refractivity contribution in [2.24, 2.45) is 0 Å². The van der Waals surface area contributed by atoms with Crippen LogP contribution in [-0.4, -0.2) is 53.9 Å². The number of hydrogen-bond acceptors (Lipinski definition) is 7. The van der Waals surface area contributed by atoms with Crippen molar-refractivity contribution in [1.29, 1.82) is 0 Å². The van der Waals surface area contributed by atoms with Crippen LogP contribution in [-0.2, 0) is 42.7 Å². The van der Waals surface area contributed by atoms with E-state index in [0.717, 1.165) is 82.1 Å². The van der Waals surface area contributed by atoms with E-state index in [-0.39, 0.29) is 11.6 Å². The maximum absolute atomic E-state index is 6.51. The average molecular weight is 468 g/mol. The van der Waals surface area contributed by atoms with Crippen LogP contribution in [0.4, 0.5) is 0 Å². The second-order valence-corrected chi connectivity index (χ2v) is 11.1. The summed E-state index contributed by atoms with van der Waals surface area (Å²) in [5.41, 5.74) is 2.38. The fraction of sp³-hybridized carbons (Fsp3) is 0.667. The Morgan fingerprint density at radius 1 is 1.24 bits per heavy atom. The van der Waals surface area contributed by atoms with Gasteiger partial charge in [-0.25, -0.2) is 4.68 Å². The van der Waals surface area contributed by atoms with Gasteiger partial charge in [0.25, 0.3) is 0 Å². The van der Waals surface area contributed by atoms with Gasteiger partial charge < -0.3 is 9.30 Å². The van der Waals surface area contributed by atoms with Gasteiger partial charge in [0.05, 0.1) is 24.1 Å². The molecular formula is C24H33N7OS. The van der Waals surface area contributed by atoms with E-state index >= 15 is 0 Å². The van der Waals surface area contributed by atoms with E-state index in [1.165, 1.54) is 10.4 Å². The van der Waals surface area contributed by atoms with Gasteiger partial charge in [0.2, 0.25) is 0 Å². The first kappa shape index (κ1) is 21.4. The minimum Gasteiger partial charge on any atom is -0.370 e. The Morgan fingerprint density at radius 2 is 2.15 bits per heavy atom. The molecule has 1 fully saturated rings. The molecule has 3 aliphatic heterocycles. The highest BCUT2D eigenvalue weighted by molar-refractivity contribution is 7.12. The van der Waals surface area contributed by atoms with E-state index in [4.69, 9.17) is 4.74 Å². The second kappa shape index (κ2) is 8.29. The Balaban J connectivity index is 1.15. The van der Waals surface area contributed by atoms with Gasteiger partial charge in [-0.1, -0.05) is 12.1 Å². The van der Waals surface area contributed by atoms with Gasteiger partial charge in [-0.2, -0.15) is 0 Å². The third-order valence-electron chi connectivity index (χ3n) is 7.79. The number of piperidine rings is 1. The number of aryl methyl sites for hydroxylation is 2. The Bertz CT molecular complexity index is 1150. The minimum atomic E-state index is -0.104. The standard InChI is InChI=1S/C24H33N7OS/c1-4-19-12-20-21(33-19)7-11-32-24(20)8-10-29(16(2)13-24)14-18-15-31(28-25-18)17(3)23-27-26-22-6-5-9-30(22)23/h12,15-17H,4-11,13-14H2,1-3H3/t16-,17?,24+/m0/s1. The van der Waals surface area contributed by atoms with E-state index < -0.39 is 0 Å². The molecule has 8 nitrogen and oxygen atoms in total. The lowest BCUT2D eigenvalue weighted by Gasteiger charge is -2.47. The summed E-state index contributed by atoms with van der Waals surface area (Å²) in [4.78, 5) is 5.57. The van der Waals surface area contributed by atoms with Crippen LogP contribution in [0, 0.1) is 0 Å². The van der Waals surface area contributed by atoms with E-state index in [1.54, 1.807) is 4.88 Å². The van der Waals surface area contributed by atoms with E-state index in [9.17, 15) is 0 Å². The number of rotatable bonds is 5. The summed E-state index contributed by atoms with van der Waals surface area (Å²) in [5, 5.41) is 17.7. The summed E-state index contributed by atoms with van der Waals surface area (Å²) in [6.07, 6.45) is 8.51. The molecule has 0 radical (unpaired) electrons. The van der Waals surface area contributed by atoms with Gasteiger partial charge in [-0.05, 0) is 51.2 Å². The van der Waals surface area contributed by atoms with Crippen molar-refractivity contribution in [2.45, 2.75) is 90.1 Å². The number of thiophene rings is 1. The van der Waals surface area contributed by atoms with Gasteiger partial charge in [0, 0.05) is 48.3 Å². The summed E-state index contributed by atoms with van der Waals surface area (Å²) in [6, 6.07) is 2.89. The van der Waals surface area contributed by atoms with Crippen LogP contribution in [0.15, 0.2) is 12.3 Å². The largest absolute Gasteiger partial charge is 0.370 e. The summed E-state index contributed by atoms with van der Waals surface area (Å²) in [5.74, 6) is 2.08. The first-order valence-electron chi connectivity index (χ1n) is 12.4. The number of nitrogens with zero attached hydrogens (tertiary/aromatic N) is 7. The molecule has 1 unspecified atom stereocenters. The van der Waals surface area contributed by atoms with E-state index in [2.05, 4.69) is 63.0 Å². The molecule has 1 saturated heterocycles. The molecule has 33 heavy (non-hydrogen) atoms. The lowest BCUT2D eigenvalue weighted by molar-refractivity contribution is -0.112. The maximum Gasteiger partial charge on any atom is 0.157 e. The van der Waals surface area contributed by atoms with Crippen molar-refractivity contribution in [3.05, 3.63) is 44.9 Å². The molecule has 0 N–H and O–H groups in total. The minimum absolute atomic E-state index is 0.0352. The third-order valence-corrected chi connectivity index (χ3v) is 9.13. The molecule has 0 aliphatic carbocycles. The van der Waals surface area contributed by atoms with Crippen molar-refractivity contribution in [3.8, 4) is 0 Å². The summed E-state index contributed by atoms with van der Waals surface area (Å²) in [6.45, 7) is 10.4. The van der Waals surface area contributed by atoms with Gasteiger partial charge in [0.1, 0.15) is 11.9 Å². The van der Waals surface area contributed by atoms with Gasteiger partial charge in [-0.3, -0.25) is 4.90 Å². The first-order valence-corrected chi connectivity index (χ1v) is 13.2. The molecule has 9 heteroatoms. The highest BCUT2D eigenvalue weighted by Crippen LogP contribution is 2.46. The zero-order valence-corrected chi connectivity index (χ0v) is 20.6. The predicted molar refractivity (Wildman–Crippen MR) is 126 cm³/mol. The Morgan fingerprint density at radius 3 is 3.00 bits per heavy atom. The molecule has 3 atom stereocenters. The summed E-state index contributed by atoms with van der Waals surface area (Å²) >= 11 is 1.99. The Labute approximate surface area is 199 Å². The fourth-order valence-electron chi connectivity index (χ4n) is 5.89. The maximum atomic E-state index is 6.51. The zero-order chi connectivity index (χ0) is 22.6. The predicted octanol–water partition coefficient (Wildman–Crippen LogP) is 3.50. The Kier molecular flexibility index (Phi) is 5.38. The smallest absolute Gasteiger partial charge is 0.157 e. The molecule has 3 aliphatic rings. The van der Waals surface area contributed by atoms with Gasteiger partial charge in [-0.15, -0.1) is 26.6 Å². The summed E-state index contributed by atoms with van der Waals surface area (Å²) in [7, 11) is 0. The number of hydrogen-bond donors (Lipinski definition) is 0. The van der Waals surface area contributed by atoms with Gasteiger partial charge >= 0.3 is 0 Å². The van der Waals surface area contributed by atoms with E-state index in [0.29, 0.717) is 6.04 Å². The van der Waals surface area contributed by atoms with E-state index in [1.807, 2.05) is 16.0 Å². The van der Waals surface area contributed by atoms with Crippen LogP contribution in [0.5, 0.6) is 0 Å². The van der Waals surface area contributed by atoms with Crippen LogP contribution in [0.1, 0.15) is 78.7 Å². The monoisotopic (exact) mass is 467 g/mol. The third kappa shape index (κ3) is 3.65.